The van der Waals surface area contributed by atoms with Crippen molar-refractivity contribution in [2.45, 2.75) is 50.5 Å². The smallest absolute Gasteiger partial charge is 0.0558 e. The second-order valence-corrected chi connectivity index (χ2v) is 6.09. The van der Waals surface area contributed by atoms with E-state index in [1.54, 1.807) is 11.1 Å². The number of aryl methyl sites for hydroxylation is 1. The summed E-state index contributed by atoms with van der Waals surface area (Å²) < 4.78 is 0. The molecular formula is C17H25NO. The molecule has 1 N–H and O–H groups in total. The molecule has 2 aliphatic rings. The highest BCUT2D eigenvalue weighted by Gasteiger charge is 2.28. The molecule has 2 nitrogen and oxygen atoms in total. The van der Waals surface area contributed by atoms with Gasteiger partial charge in [0.15, 0.2) is 0 Å². The number of rotatable bonds is 5. The summed E-state index contributed by atoms with van der Waals surface area (Å²) in [5, 5.41) is 9.29. The highest BCUT2D eigenvalue weighted by Crippen LogP contribution is 2.34. The van der Waals surface area contributed by atoms with Crippen LogP contribution in [0.1, 0.15) is 49.1 Å². The Balaban J connectivity index is 1.71. The molecule has 1 saturated carbocycles. The van der Waals surface area contributed by atoms with Gasteiger partial charge in [-0.1, -0.05) is 30.7 Å². The van der Waals surface area contributed by atoms with Crippen molar-refractivity contribution in [3.05, 3.63) is 35.4 Å². The predicted octanol–water partition coefficient (Wildman–Crippen LogP) is 2.95. The number of hydrogen-bond acceptors (Lipinski definition) is 2. The maximum absolute atomic E-state index is 9.29. The van der Waals surface area contributed by atoms with Crippen LogP contribution in [0.25, 0.3) is 0 Å². The third-order valence-electron chi connectivity index (χ3n) is 4.93. The number of fused-ring (bicyclic) bond motifs is 1. The molecule has 2 aliphatic carbocycles. The molecule has 0 radical (unpaired) electrons. The van der Waals surface area contributed by atoms with Crippen molar-refractivity contribution < 1.29 is 5.11 Å². The molecule has 1 fully saturated rings. The van der Waals surface area contributed by atoms with Crippen LogP contribution in [0.15, 0.2) is 24.3 Å². The lowest BCUT2D eigenvalue weighted by Gasteiger charge is -2.40. The molecule has 104 valence electrons. The molecule has 0 spiro atoms. The van der Waals surface area contributed by atoms with Gasteiger partial charge in [-0.05, 0) is 49.1 Å². The van der Waals surface area contributed by atoms with Gasteiger partial charge in [-0.25, -0.2) is 0 Å². The second-order valence-electron chi connectivity index (χ2n) is 6.09. The van der Waals surface area contributed by atoms with E-state index in [-0.39, 0.29) is 0 Å². The lowest BCUT2D eigenvalue weighted by atomic mass is 9.81. The Morgan fingerprint density at radius 1 is 1.11 bits per heavy atom. The van der Waals surface area contributed by atoms with Crippen molar-refractivity contribution in [2.24, 2.45) is 0 Å². The van der Waals surface area contributed by atoms with Gasteiger partial charge >= 0.3 is 0 Å². The monoisotopic (exact) mass is 259 g/mol. The lowest BCUT2D eigenvalue weighted by molar-refractivity contribution is 0.0927. The number of nitrogens with zero attached hydrogens (tertiary/aromatic N) is 1. The van der Waals surface area contributed by atoms with E-state index in [0.717, 1.165) is 19.1 Å². The van der Waals surface area contributed by atoms with E-state index in [4.69, 9.17) is 0 Å². The van der Waals surface area contributed by atoms with Crippen molar-refractivity contribution in [1.29, 1.82) is 0 Å². The molecular weight excluding hydrogens is 234 g/mol. The Morgan fingerprint density at radius 3 is 2.68 bits per heavy atom. The normalized spacial score (nSPS) is 23.2. The van der Waals surface area contributed by atoms with E-state index in [2.05, 4.69) is 29.2 Å². The van der Waals surface area contributed by atoms with Gasteiger partial charge in [-0.2, -0.15) is 0 Å². The molecule has 0 bridgehead atoms. The second kappa shape index (κ2) is 6.06. The highest BCUT2D eigenvalue weighted by molar-refractivity contribution is 5.32. The largest absolute Gasteiger partial charge is 0.395 e. The zero-order valence-electron chi connectivity index (χ0n) is 11.7. The maximum Gasteiger partial charge on any atom is 0.0558 e. The molecule has 0 aliphatic heterocycles. The van der Waals surface area contributed by atoms with Crippen molar-refractivity contribution in [2.75, 3.05) is 19.7 Å². The number of aliphatic hydroxyl groups excluding tert-OH is 1. The standard InChI is InChI=1S/C17H25NO/c19-12-11-18(16-8-4-9-16)13-15-7-3-6-14-5-1-2-10-17(14)15/h1-2,5,10,15-16,19H,3-4,6-9,11-13H2. The molecule has 0 heterocycles. The molecule has 19 heavy (non-hydrogen) atoms. The van der Waals surface area contributed by atoms with Crippen molar-refractivity contribution in [3.8, 4) is 0 Å². The minimum absolute atomic E-state index is 0.296. The molecule has 0 aromatic heterocycles. The quantitative estimate of drug-likeness (QED) is 0.879. The van der Waals surface area contributed by atoms with Crippen LogP contribution in [0.2, 0.25) is 0 Å². The molecule has 0 amide bonds. The Bertz CT molecular complexity index is 413. The fourth-order valence-electron chi connectivity index (χ4n) is 3.63. The lowest BCUT2D eigenvalue weighted by Crippen LogP contribution is -2.44. The van der Waals surface area contributed by atoms with Gasteiger partial charge in [0.1, 0.15) is 0 Å². The van der Waals surface area contributed by atoms with Gasteiger partial charge in [0.25, 0.3) is 0 Å². The van der Waals surface area contributed by atoms with Crippen LogP contribution in [0, 0.1) is 0 Å². The molecule has 1 atom stereocenters. The van der Waals surface area contributed by atoms with E-state index >= 15 is 0 Å². The Labute approximate surface area is 116 Å². The fraction of sp³-hybridized carbons (Fsp3) is 0.647. The van der Waals surface area contributed by atoms with E-state index in [0.29, 0.717) is 12.5 Å². The summed E-state index contributed by atoms with van der Waals surface area (Å²) in [7, 11) is 0. The van der Waals surface area contributed by atoms with E-state index in [1.165, 1.54) is 38.5 Å². The van der Waals surface area contributed by atoms with Gasteiger partial charge < -0.3 is 5.11 Å². The van der Waals surface area contributed by atoms with Crippen molar-refractivity contribution >= 4 is 0 Å². The topological polar surface area (TPSA) is 23.5 Å². The zero-order chi connectivity index (χ0) is 13.1. The highest BCUT2D eigenvalue weighted by atomic mass is 16.3. The van der Waals surface area contributed by atoms with Crippen LogP contribution in [0.4, 0.5) is 0 Å². The molecule has 1 aromatic rings. The van der Waals surface area contributed by atoms with E-state index in [9.17, 15) is 5.11 Å². The molecule has 1 aromatic carbocycles. The van der Waals surface area contributed by atoms with Crippen LogP contribution in [0.3, 0.4) is 0 Å². The summed E-state index contributed by atoms with van der Waals surface area (Å²) in [5.74, 6) is 0.678. The van der Waals surface area contributed by atoms with Crippen LogP contribution >= 0.6 is 0 Å². The summed E-state index contributed by atoms with van der Waals surface area (Å²) >= 11 is 0. The average molecular weight is 259 g/mol. The first-order valence-corrected chi connectivity index (χ1v) is 7.81. The van der Waals surface area contributed by atoms with Crippen LogP contribution < -0.4 is 0 Å². The minimum atomic E-state index is 0.296. The summed E-state index contributed by atoms with van der Waals surface area (Å²) in [6.07, 6.45) is 7.90. The molecule has 0 saturated heterocycles. The summed E-state index contributed by atoms with van der Waals surface area (Å²) in [5.41, 5.74) is 3.12. The van der Waals surface area contributed by atoms with Gasteiger partial charge in [-0.3, -0.25) is 4.90 Å². The average Bonchev–Trinajstić information content (AvgIpc) is 2.37. The Hall–Kier alpha value is -0.860. The first kappa shape index (κ1) is 13.1. The fourth-order valence-corrected chi connectivity index (χ4v) is 3.63. The van der Waals surface area contributed by atoms with Crippen molar-refractivity contribution in [3.63, 3.8) is 0 Å². The first-order chi connectivity index (χ1) is 9.38. The SMILES string of the molecule is OCCN(CC1CCCc2ccccc21)C1CCC1. The van der Waals surface area contributed by atoms with Gasteiger partial charge in [-0.15, -0.1) is 0 Å². The summed E-state index contributed by atoms with van der Waals surface area (Å²) in [6, 6.07) is 9.69. The minimum Gasteiger partial charge on any atom is -0.395 e. The molecule has 2 heteroatoms. The van der Waals surface area contributed by atoms with Gasteiger partial charge in [0, 0.05) is 19.1 Å². The summed E-state index contributed by atoms with van der Waals surface area (Å²) in [4.78, 5) is 2.54. The maximum atomic E-state index is 9.29. The summed E-state index contributed by atoms with van der Waals surface area (Å²) in [6.45, 7) is 2.29. The van der Waals surface area contributed by atoms with Gasteiger partial charge in [0.05, 0.1) is 6.61 Å². The van der Waals surface area contributed by atoms with Crippen LogP contribution in [-0.2, 0) is 6.42 Å². The number of benzene rings is 1. The third kappa shape index (κ3) is 2.85. The molecule has 3 rings (SSSR count). The van der Waals surface area contributed by atoms with Crippen LogP contribution in [0.5, 0.6) is 0 Å². The zero-order valence-corrected chi connectivity index (χ0v) is 11.7. The number of aliphatic hydroxyl groups is 1. The van der Waals surface area contributed by atoms with Crippen LogP contribution in [-0.4, -0.2) is 35.7 Å². The number of hydrogen-bond donors (Lipinski definition) is 1. The van der Waals surface area contributed by atoms with E-state index < -0.39 is 0 Å². The Morgan fingerprint density at radius 2 is 1.95 bits per heavy atom. The first-order valence-electron chi connectivity index (χ1n) is 7.81. The van der Waals surface area contributed by atoms with E-state index in [1.807, 2.05) is 0 Å². The Kier molecular flexibility index (Phi) is 4.19. The predicted molar refractivity (Wildman–Crippen MR) is 78.4 cm³/mol. The van der Waals surface area contributed by atoms with Crippen molar-refractivity contribution in [1.82, 2.24) is 4.90 Å². The molecule has 1 unspecified atom stereocenters. The van der Waals surface area contributed by atoms with Gasteiger partial charge in [0.2, 0.25) is 0 Å². The third-order valence-corrected chi connectivity index (χ3v) is 4.93.